The lowest BCUT2D eigenvalue weighted by Gasteiger charge is -2.22. The van der Waals surface area contributed by atoms with Crippen molar-refractivity contribution in [1.29, 1.82) is 0 Å². The van der Waals surface area contributed by atoms with Gasteiger partial charge < -0.3 is 15.4 Å². The molecule has 0 fully saturated rings. The van der Waals surface area contributed by atoms with Crippen molar-refractivity contribution in [3.05, 3.63) is 51.4 Å². The van der Waals surface area contributed by atoms with Gasteiger partial charge in [0, 0.05) is 18.7 Å². The monoisotopic (exact) mass is 384 g/mol. The first-order valence-corrected chi connectivity index (χ1v) is 8.33. The summed E-state index contributed by atoms with van der Waals surface area (Å²) in [5.41, 5.74) is 5.47. The molecular formula is C16H14ClFN2O4S. The summed E-state index contributed by atoms with van der Waals surface area (Å²) in [6, 6.07) is 8.16. The first-order valence-electron chi connectivity index (χ1n) is 7.13. The maximum absolute atomic E-state index is 13.1. The molecule has 0 aliphatic heterocycles. The van der Waals surface area contributed by atoms with Gasteiger partial charge in [-0.05, 0) is 36.4 Å². The van der Waals surface area contributed by atoms with Crippen LogP contribution in [0.1, 0.15) is 16.1 Å². The zero-order valence-corrected chi connectivity index (χ0v) is 14.5. The summed E-state index contributed by atoms with van der Waals surface area (Å²) in [4.78, 5) is 36.7. The molecule has 2 rings (SSSR count). The van der Waals surface area contributed by atoms with E-state index in [0.29, 0.717) is 10.0 Å². The zero-order chi connectivity index (χ0) is 18.4. The van der Waals surface area contributed by atoms with Crippen LogP contribution in [0, 0.1) is 5.82 Å². The van der Waals surface area contributed by atoms with Crippen LogP contribution in [0.4, 0.5) is 10.1 Å². The predicted molar refractivity (Wildman–Crippen MR) is 92.2 cm³/mol. The number of carbonyl (C=O) groups excluding carboxylic acids is 3. The van der Waals surface area contributed by atoms with Crippen LogP contribution in [0.15, 0.2) is 36.4 Å². The number of carbonyl (C=O) groups is 3. The molecule has 1 heterocycles. The SMILES string of the molecule is NC(=O)CCN(C(=O)COC(=O)c1ccc(Cl)s1)c1ccc(F)cc1. The smallest absolute Gasteiger partial charge is 0.348 e. The zero-order valence-electron chi connectivity index (χ0n) is 12.9. The van der Waals surface area contributed by atoms with Gasteiger partial charge in [-0.2, -0.15) is 0 Å². The number of primary amides is 1. The van der Waals surface area contributed by atoms with Crippen LogP contribution >= 0.6 is 22.9 Å². The van der Waals surface area contributed by atoms with Gasteiger partial charge in [0.15, 0.2) is 6.61 Å². The Kier molecular flexibility index (Phi) is 6.49. The number of benzene rings is 1. The van der Waals surface area contributed by atoms with Crippen molar-refractivity contribution in [1.82, 2.24) is 0 Å². The second-order valence-corrected chi connectivity index (χ2v) is 6.63. The lowest BCUT2D eigenvalue weighted by atomic mass is 10.2. The Balaban J connectivity index is 2.05. The number of rotatable bonds is 7. The minimum atomic E-state index is -0.681. The number of amides is 2. The molecule has 0 aliphatic carbocycles. The van der Waals surface area contributed by atoms with E-state index in [0.717, 1.165) is 11.3 Å². The number of halogens is 2. The number of ether oxygens (including phenoxy) is 1. The van der Waals surface area contributed by atoms with Gasteiger partial charge in [-0.25, -0.2) is 9.18 Å². The summed E-state index contributed by atoms with van der Waals surface area (Å²) < 4.78 is 18.4. The second-order valence-electron chi connectivity index (χ2n) is 4.92. The third-order valence-corrected chi connectivity index (χ3v) is 4.33. The highest BCUT2D eigenvalue weighted by atomic mass is 35.5. The molecule has 1 aromatic heterocycles. The maximum atomic E-state index is 13.1. The molecular weight excluding hydrogens is 371 g/mol. The van der Waals surface area contributed by atoms with Crippen molar-refractivity contribution in [3.63, 3.8) is 0 Å². The van der Waals surface area contributed by atoms with E-state index in [1.807, 2.05) is 0 Å². The lowest BCUT2D eigenvalue weighted by Crippen LogP contribution is -2.37. The van der Waals surface area contributed by atoms with E-state index in [1.54, 1.807) is 6.07 Å². The second kappa shape index (κ2) is 8.59. The number of anilines is 1. The Morgan fingerprint density at radius 1 is 1.16 bits per heavy atom. The van der Waals surface area contributed by atoms with E-state index in [-0.39, 0.29) is 17.8 Å². The third kappa shape index (κ3) is 5.54. The number of hydrogen-bond donors (Lipinski definition) is 1. The molecule has 0 saturated heterocycles. The fourth-order valence-corrected chi connectivity index (χ4v) is 2.88. The Labute approximate surface area is 151 Å². The fraction of sp³-hybridized carbons (Fsp3) is 0.188. The summed E-state index contributed by atoms with van der Waals surface area (Å²) in [7, 11) is 0. The van der Waals surface area contributed by atoms with Gasteiger partial charge in [-0.1, -0.05) is 11.6 Å². The minimum Gasteiger partial charge on any atom is -0.451 e. The van der Waals surface area contributed by atoms with Gasteiger partial charge >= 0.3 is 5.97 Å². The Bertz CT molecular complexity index is 779. The van der Waals surface area contributed by atoms with E-state index < -0.39 is 30.2 Å². The molecule has 2 amide bonds. The van der Waals surface area contributed by atoms with Crippen molar-refractivity contribution in [2.45, 2.75) is 6.42 Å². The minimum absolute atomic E-state index is 0.0117. The molecule has 2 N–H and O–H groups in total. The molecule has 0 aliphatic rings. The lowest BCUT2D eigenvalue weighted by molar-refractivity contribution is -0.121. The van der Waals surface area contributed by atoms with E-state index in [9.17, 15) is 18.8 Å². The maximum Gasteiger partial charge on any atom is 0.348 e. The molecule has 1 aromatic carbocycles. The van der Waals surface area contributed by atoms with Crippen LogP contribution in [-0.2, 0) is 14.3 Å². The van der Waals surface area contributed by atoms with Gasteiger partial charge in [-0.15, -0.1) is 11.3 Å². The van der Waals surface area contributed by atoms with Crippen LogP contribution in [0.5, 0.6) is 0 Å². The molecule has 0 bridgehead atoms. The third-order valence-electron chi connectivity index (χ3n) is 3.12. The molecule has 25 heavy (non-hydrogen) atoms. The van der Waals surface area contributed by atoms with E-state index in [4.69, 9.17) is 22.1 Å². The van der Waals surface area contributed by atoms with Crippen LogP contribution in [0.2, 0.25) is 4.34 Å². The topological polar surface area (TPSA) is 89.7 Å². The largest absolute Gasteiger partial charge is 0.451 e. The van der Waals surface area contributed by atoms with Crippen molar-refractivity contribution in [3.8, 4) is 0 Å². The fourth-order valence-electron chi connectivity index (χ4n) is 1.94. The first kappa shape index (κ1) is 18.9. The Morgan fingerprint density at radius 3 is 2.40 bits per heavy atom. The highest BCUT2D eigenvalue weighted by molar-refractivity contribution is 7.17. The average Bonchev–Trinajstić information content (AvgIpc) is 3.00. The van der Waals surface area contributed by atoms with Crippen LogP contribution in [-0.4, -0.2) is 30.9 Å². The van der Waals surface area contributed by atoms with E-state index >= 15 is 0 Å². The summed E-state index contributed by atoms with van der Waals surface area (Å²) in [5.74, 6) is -2.31. The number of hydrogen-bond acceptors (Lipinski definition) is 5. The highest BCUT2D eigenvalue weighted by Gasteiger charge is 2.19. The number of thiophene rings is 1. The van der Waals surface area contributed by atoms with E-state index in [2.05, 4.69) is 0 Å². The summed E-state index contributed by atoms with van der Waals surface area (Å²) in [6.07, 6.45) is -0.0857. The molecule has 9 heteroatoms. The van der Waals surface area contributed by atoms with E-state index in [1.165, 1.54) is 35.2 Å². The Morgan fingerprint density at radius 2 is 1.84 bits per heavy atom. The molecule has 0 unspecified atom stereocenters. The van der Waals surface area contributed by atoms with Crippen molar-refractivity contribution in [2.75, 3.05) is 18.1 Å². The van der Waals surface area contributed by atoms with Crippen LogP contribution in [0.3, 0.4) is 0 Å². The molecule has 0 saturated carbocycles. The van der Waals surface area contributed by atoms with Crippen molar-refractivity contribution in [2.24, 2.45) is 5.73 Å². The molecule has 132 valence electrons. The average molecular weight is 385 g/mol. The van der Waals surface area contributed by atoms with Crippen molar-refractivity contribution < 1.29 is 23.5 Å². The molecule has 0 spiro atoms. The van der Waals surface area contributed by atoms with Gasteiger partial charge in [-0.3, -0.25) is 9.59 Å². The normalized spacial score (nSPS) is 10.3. The van der Waals surface area contributed by atoms with Crippen LogP contribution < -0.4 is 10.6 Å². The number of nitrogens with two attached hydrogens (primary N) is 1. The summed E-state index contributed by atoms with van der Waals surface area (Å²) in [5, 5.41) is 0. The number of nitrogens with zero attached hydrogens (tertiary/aromatic N) is 1. The Hall–Kier alpha value is -2.45. The number of esters is 1. The summed E-state index contributed by atoms with van der Waals surface area (Å²) >= 11 is 6.77. The standard InChI is InChI=1S/C16H14ClFN2O4S/c17-13-6-5-12(25-13)16(23)24-9-15(22)20(8-7-14(19)21)11-3-1-10(18)2-4-11/h1-6H,7-9H2,(H2,19,21). The van der Waals surface area contributed by atoms with Gasteiger partial charge in [0.1, 0.15) is 10.7 Å². The summed E-state index contributed by atoms with van der Waals surface area (Å²) in [6.45, 7) is -0.549. The van der Waals surface area contributed by atoms with Crippen LogP contribution in [0.25, 0.3) is 0 Å². The molecule has 6 nitrogen and oxygen atoms in total. The molecule has 2 aromatic rings. The van der Waals surface area contributed by atoms with Gasteiger partial charge in [0.05, 0.1) is 4.34 Å². The van der Waals surface area contributed by atoms with Gasteiger partial charge in [0.25, 0.3) is 5.91 Å². The van der Waals surface area contributed by atoms with Crippen molar-refractivity contribution >= 4 is 46.4 Å². The predicted octanol–water partition coefficient (Wildman–Crippen LogP) is 2.61. The molecule has 0 radical (unpaired) electrons. The highest BCUT2D eigenvalue weighted by Crippen LogP contribution is 2.22. The van der Waals surface area contributed by atoms with Gasteiger partial charge in [0.2, 0.25) is 5.91 Å². The first-order chi connectivity index (χ1) is 11.9. The quantitative estimate of drug-likeness (QED) is 0.743. The molecule has 0 atom stereocenters.